The van der Waals surface area contributed by atoms with Crippen LogP contribution in [0, 0.1) is 5.92 Å². The molecule has 2 aliphatic rings. The van der Waals surface area contributed by atoms with Crippen LogP contribution in [0.15, 0.2) is 28.8 Å². The van der Waals surface area contributed by atoms with E-state index in [4.69, 9.17) is 16.1 Å². The van der Waals surface area contributed by atoms with Gasteiger partial charge < -0.3 is 14.7 Å². The van der Waals surface area contributed by atoms with Gasteiger partial charge in [0.1, 0.15) is 0 Å². The lowest BCUT2D eigenvalue weighted by Gasteiger charge is -2.30. The second-order valence-corrected chi connectivity index (χ2v) is 9.06. The largest absolute Gasteiger partial charge is 0.356 e. The molecule has 1 amide bonds. The van der Waals surface area contributed by atoms with Gasteiger partial charge in [-0.3, -0.25) is 9.69 Å². The van der Waals surface area contributed by atoms with Crippen LogP contribution < -0.4 is 5.32 Å². The molecule has 0 bridgehead atoms. The van der Waals surface area contributed by atoms with Gasteiger partial charge >= 0.3 is 0 Å². The molecule has 0 saturated carbocycles. The van der Waals surface area contributed by atoms with E-state index in [2.05, 4.69) is 25.3 Å². The summed E-state index contributed by atoms with van der Waals surface area (Å²) in [6.45, 7) is 6.64. The number of piperidine rings is 2. The van der Waals surface area contributed by atoms with Crippen LogP contribution in [0.2, 0.25) is 5.02 Å². The van der Waals surface area contributed by atoms with Crippen LogP contribution in [0.4, 0.5) is 0 Å². The maximum atomic E-state index is 12.5. The molecular formula is C23H32ClN5O2. The second-order valence-electron chi connectivity index (χ2n) is 8.62. The number of aromatic nitrogens is 2. The lowest BCUT2D eigenvalue weighted by atomic mass is 9.96. The first kappa shape index (κ1) is 22.2. The number of carbonyl (C=O) groups excluding carboxylic acids is 1. The van der Waals surface area contributed by atoms with Gasteiger partial charge in [0.2, 0.25) is 17.6 Å². The minimum atomic E-state index is 0.107. The average molecular weight is 446 g/mol. The number of nitrogens with one attached hydrogen (secondary N) is 1. The molecule has 0 unspecified atom stereocenters. The summed E-state index contributed by atoms with van der Waals surface area (Å²) in [4.78, 5) is 21.8. The highest BCUT2D eigenvalue weighted by atomic mass is 35.5. The van der Waals surface area contributed by atoms with Crippen molar-refractivity contribution in [3.63, 3.8) is 0 Å². The third-order valence-electron chi connectivity index (χ3n) is 6.27. The van der Waals surface area contributed by atoms with Crippen molar-refractivity contribution >= 4 is 17.5 Å². The van der Waals surface area contributed by atoms with Crippen molar-refractivity contribution in [2.45, 2.75) is 45.1 Å². The van der Waals surface area contributed by atoms with Crippen LogP contribution >= 0.6 is 11.6 Å². The standard InChI is InChI=1S/C23H32ClN5O2/c24-20-7-4-6-19(16-20)22-26-21(31-27-22)17-29-14-8-18(9-15-29)23(30)25-10-5-13-28-11-2-1-3-12-28/h4,6-7,16,18H,1-3,5,8-15,17H2,(H,25,30). The van der Waals surface area contributed by atoms with Gasteiger partial charge in [-0.05, 0) is 77.0 Å². The van der Waals surface area contributed by atoms with Crippen LogP contribution in [0.5, 0.6) is 0 Å². The number of likely N-dealkylation sites (tertiary alicyclic amines) is 2. The number of rotatable bonds is 8. The summed E-state index contributed by atoms with van der Waals surface area (Å²) < 4.78 is 5.42. The average Bonchev–Trinajstić information content (AvgIpc) is 3.26. The van der Waals surface area contributed by atoms with E-state index in [9.17, 15) is 4.79 Å². The third kappa shape index (κ3) is 6.51. The molecule has 2 aromatic rings. The highest BCUT2D eigenvalue weighted by Gasteiger charge is 2.26. The van der Waals surface area contributed by atoms with Crippen LogP contribution in [-0.4, -0.2) is 65.1 Å². The number of benzene rings is 1. The fourth-order valence-electron chi connectivity index (χ4n) is 4.45. The van der Waals surface area contributed by atoms with Gasteiger partial charge in [0.15, 0.2) is 0 Å². The molecule has 0 radical (unpaired) electrons. The lowest BCUT2D eigenvalue weighted by Crippen LogP contribution is -2.41. The number of halogens is 1. The molecule has 0 atom stereocenters. The maximum Gasteiger partial charge on any atom is 0.241 e. The lowest BCUT2D eigenvalue weighted by molar-refractivity contribution is -0.126. The van der Waals surface area contributed by atoms with Gasteiger partial charge in [0.05, 0.1) is 6.54 Å². The first-order valence-electron chi connectivity index (χ1n) is 11.5. The third-order valence-corrected chi connectivity index (χ3v) is 6.50. The molecule has 1 aromatic carbocycles. The Bertz CT molecular complexity index is 844. The molecule has 3 heterocycles. The molecular weight excluding hydrogens is 414 g/mol. The Balaban J connectivity index is 1.15. The Kier molecular flexibility index (Phi) is 7.94. The van der Waals surface area contributed by atoms with E-state index in [1.807, 2.05) is 24.3 Å². The molecule has 2 aliphatic heterocycles. The Morgan fingerprint density at radius 2 is 1.94 bits per heavy atom. The first-order chi connectivity index (χ1) is 15.2. The van der Waals surface area contributed by atoms with Crippen molar-refractivity contribution in [1.29, 1.82) is 0 Å². The molecule has 168 valence electrons. The smallest absolute Gasteiger partial charge is 0.241 e. The van der Waals surface area contributed by atoms with E-state index >= 15 is 0 Å². The van der Waals surface area contributed by atoms with E-state index in [-0.39, 0.29) is 11.8 Å². The predicted molar refractivity (Wildman–Crippen MR) is 121 cm³/mol. The molecule has 8 heteroatoms. The quantitative estimate of drug-likeness (QED) is 0.626. The van der Waals surface area contributed by atoms with E-state index in [1.165, 1.54) is 32.4 Å². The number of amides is 1. The fraction of sp³-hybridized carbons (Fsp3) is 0.609. The van der Waals surface area contributed by atoms with Gasteiger partial charge in [-0.2, -0.15) is 4.98 Å². The van der Waals surface area contributed by atoms with Crippen molar-refractivity contribution in [1.82, 2.24) is 25.3 Å². The Labute approximate surface area is 189 Å². The maximum absolute atomic E-state index is 12.5. The van der Waals surface area contributed by atoms with Crippen LogP contribution in [0.3, 0.4) is 0 Å². The summed E-state index contributed by atoms with van der Waals surface area (Å²) in [6.07, 6.45) is 6.77. The summed E-state index contributed by atoms with van der Waals surface area (Å²) in [5.41, 5.74) is 0.846. The minimum Gasteiger partial charge on any atom is -0.356 e. The van der Waals surface area contributed by atoms with E-state index in [1.54, 1.807) is 0 Å². The zero-order valence-corrected chi connectivity index (χ0v) is 18.8. The molecule has 0 aliphatic carbocycles. The van der Waals surface area contributed by atoms with E-state index in [0.717, 1.165) is 51.0 Å². The molecule has 0 spiro atoms. The number of carbonyl (C=O) groups is 1. The van der Waals surface area contributed by atoms with Crippen molar-refractivity contribution in [2.75, 3.05) is 39.3 Å². The zero-order valence-electron chi connectivity index (χ0n) is 18.1. The topological polar surface area (TPSA) is 74.5 Å². The van der Waals surface area contributed by atoms with Crippen molar-refractivity contribution < 1.29 is 9.32 Å². The summed E-state index contributed by atoms with van der Waals surface area (Å²) >= 11 is 6.04. The molecule has 4 rings (SSSR count). The Morgan fingerprint density at radius 1 is 1.13 bits per heavy atom. The van der Waals surface area contributed by atoms with Crippen LogP contribution in [-0.2, 0) is 11.3 Å². The SMILES string of the molecule is O=C(NCCCN1CCCCC1)C1CCN(Cc2nc(-c3cccc(Cl)c3)no2)CC1. The second kappa shape index (κ2) is 11.1. The number of nitrogens with zero attached hydrogens (tertiary/aromatic N) is 4. The van der Waals surface area contributed by atoms with Crippen molar-refractivity contribution in [3.8, 4) is 11.4 Å². The van der Waals surface area contributed by atoms with E-state index in [0.29, 0.717) is 23.3 Å². The number of hydrogen-bond donors (Lipinski definition) is 1. The van der Waals surface area contributed by atoms with Crippen LogP contribution in [0.25, 0.3) is 11.4 Å². The number of hydrogen-bond acceptors (Lipinski definition) is 6. The summed E-state index contributed by atoms with van der Waals surface area (Å²) in [5, 5.41) is 7.87. The fourth-order valence-corrected chi connectivity index (χ4v) is 4.64. The normalized spacial score (nSPS) is 18.9. The molecule has 2 fully saturated rings. The molecule has 31 heavy (non-hydrogen) atoms. The van der Waals surface area contributed by atoms with Crippen molar-refractivity contribution in [2.24, 2.45) is 5.92 Å². The summed E-state index contributed by atoms with van der Waals surface area (Å²) in [5.74, 6) is 1.46. The first-order valence-corrected chi connectivity index (χ1v) is 11.9. The predicted octanol–water partition coefficient (Wildman–Crippen LogP) is 3.59. The van der Waals surface area contributed by atoms with Gasteiger partial charge in [0, 0.05) is 23.0 Å². The van der Waals surface area contributed by atoms with Gasteiger partial charge in [-0.25, -0.2) is 0 Å². The minimum absolute atomic E-state index is 0.107. The summed E-state index contributed by atoms with van der Waals surface area (Å²) in [7, 11) is 0. The molecule has 2 saturated heterocycles. The van der Waals surface area contributed by atoms with Gasteiger partial charge in [-0.15, -0.1) is 0 Å². The monoisotopic (exact) mass is 445 g/mol. The van der Waals surface area contributed by atoms with E-state index < -0.39 is 0 Å². The van der Waals surface area contributed by atoms with Gasteiger partial charge in [-0.1, -0.05) is 35.3 Å². The molecule has 1 aromatic heterocycles. The molecule has 1 N–H and O–H groups in total. The highest BCUT2D eigenvalue weighted by Crippen LogP contribution is 2.22. The van der Waals surface area contributed by atoms with Gasteiger partial charge in [0.25, 0.3) is 0 Å². The molecule has 7 nitrogen and oxygen atoms in total. The summed E-state index contributed by atoms with van der Waals surface area (Å²) in [6, 6.07) is 7.43. The highest BCUT2D eigenvalue weighted by molar-refractivity contribution is 6.30. The Morgan fingerprint density at radius 3 is 2.71 bits per heavy atom. The van der Waals surface area contributed by atoms with Crippen molar-refractivity contribution in [3.05, 3.63) is 35.2 Å². The Hall–Kier alpha value is -1.96. The zero-order chi connectivity index (χ0) is 21.5. The van der Waals surface area contributed by atoms with Crippen LogP contribution in [0.1, 0.15) is 44.4 Å².